The minimum Gasteiger partial charge on any atom is -0.494 e. The molecule has 2 aromatic rings. The van der Waals surface area contributed by atoms with Crippen molar-refractivity contribution in [2.24, 2.45) is 0 Å². The molecule has 1 atom stereocenters. The van der Waals surface area contributed by atoms with Crippen LogP contribution in [-0.4, -0.2) is 31.1 Å². The van der Waals surface area contributed by atoms with Crippen LogP contribution in [0.4, 0.5) is 0 Å². The lowest BCUT2D eigenvalue weighted by molar-refractivity contribution is 0.153. The minimum absolute atomic E-state index is 0.0503. The molecule has 0 N–H and O–H groups in total. The average Bonchev–Trinajstić information content (AvgIpc) is 2.70. The summed E-state index contributed by atoms with van der Waals surface area (Å²) in [7, 11) is 2.20. The van der Waals surface area contributed by atoms with Crippen LogP contribution in [0.1, 0.15) is 69.5 Å². The number of fused-ring (bicyclic) bond motifs is 1. The monoisotopic (exact) mass is 369 g/mol. The van der Waals surface area contributed by atoms with Gasteiger partial charge in [0, 0.05) is 18.0 Å². The zero-order chi connectivity index (χ0) is 18.6. The van der Waals surface area contributed by atoms with Gasteiger partial charge in [0.1, 0.15) is 17.1 Å². The van der Waals surface area contributed by atoms with Gasteiger partial charge < -0.3 is 14.1 Å². The Labute approximate surface area is 161 Å². The van der Waals surface area contributed by atoms with Gasteiger partial charge >= 0.3 is 0 Å². The van der Waals surface area contributed by atoms with Gasteiger partial charge in [-0.15, -0.1) is 0 Å². The molecule has 2 heterocycles. The summed E-state index contributed by atoms with van der Waals surface area (Å²) >= 11 is 0. The van der Waals surface area contributed by atoms with E-state index in [1.807, 2.05) is 18.2 Å². The zero-order valence-electron chi connectivity index (χ0n) is 16.4. The summed E-state index contributed by atoms with van der Waals surface area (Å²) in [6.07, 6.45) is 10.9. The van der Waals surface area contributed by atoms with E-state index < -0.39 is 0 Å². The van der Waals surface area contributed by atoms with Crippen molar-refractivity contribution in [2.45, 2.75) is 69.7 Å². The first-order chi connectivity index (χ1) is 13.2. The maximum absolute atomic E-state index is 12.6. The Bertz CT molecular complexity index is 822. The lowest BCUT2D eigenvalue weighted by Gasteiger charge is -2.32. The molecular weight excluding hydrogens is 338 g/mol. The van der Waals surface area contributed by atoms with Crippen LogP contribution in [0.3, 0.4) is 0 Å². The molecular formula is C23H31NO3. The topological polar surface area (TPSA) is 42.7 Å². The molecule has 0 amide bonds. The van der Waals surface area contributed by atoms with Gasteiger partial charge in [0.2, 0.25) is 0 Å². The molecule has 4 heteroatoms. The molecule has 0 spiro atoms. The maximum Gasteiger partial charge on any atom is 0.193 e. The molecule has 2 aliphatic rings. The van der Waals surface area contributed by atoms with E-state index in [-0.39, 0.29) is 5.43 Å². The van der Waals surface area contributed by atoms with Crippen LogP contribution in [0, 0.1) is 0 Å². The van der Waals surface area contributed by atoms with Gasteiger partial charge in [-0.05, 0) is 63.9 Å². The van der Waals surface area contributed by atoms with Gasteiger partial charge in [-0.1, -0.05) is 25.7 Å². The Morgan fingerprint density at radius 2 is 1.89 bits per heavy atom. The summed E-state index contributed by atoms with van der Waals surface area (Å²) < 4.78 is 12.0. The zero-order valence-corrected chi connectivity index (χ0v) is 16.4. The highest BCUT2D eigenvalue weighted by atomic mass is 16.5. The second kappa shape index (κ2) is 8.47. The molecule has 146 valence electrons. The van der Waals surface area contributed by atoms with E-state index in [0.29, 0.717) is 29.5 Å². The first kappa shape index (κ1) is 18.5. The second-order valence-electron chi connectivity index (χ2n) is 8.27. The van der Waals surface area contributed by atoms with Gasteiger partial charge in [-0.3, -0.25) is 4.79 Å². The first-order valence-electron chi connectivity index (χ1n) is 10.6. The van der Waals surface area contributed by atoms with Crippen molar-refractivity contribution in [3.63, 3.8) is 0 Å². The van der Waals surface area contributed by atoms with Gasteiger partial charge in [0.25, 0.3) is 0 Å². The van der Waals surface area contributed by atoms with Crippen molar-refractivity contribution in [2.75, 3.05) is 20.2 Å². The highest BCUT2D eigenvalue weighted by molar-refractivity contribution is 5.78. The molecule has 1 aliphatic carbocycles. The Morgan fingerprint density at radius 1 is 1.07 bits per heavy atom. The van der Waals surface area contributed by atoms with E-state index in [1.54, 1.807) is 6.07 Å². The second-order valence-corrected chi connectivity index (χ2v) is 8.27. The van der Waals surface area contributed by atoms with E-state index in [4.69, 9.17) is 9.15 Å². The molecule has 1 aromatic heterocycles. The van der Waals surface area contributed by atoms with E-state index in [1.165, 1.54) is 45.1 Å². The van der Waals surface area contributed by atoms with Crippen molar-refractivity contribution in [3.05, 3.63) is 40.2 Å². The molecule has 1 saturated carbocycles. The standard InChI is InChI=1S/C23H31NO3/c1-24-13-6-5-9-18(24)12-14-26-19-10-11-22-20(15-19)21(25)16-23(27-22)17-7-3-2-4-8-17/h10-11,15-18H,2-9,12-14H2,1H3. The minimum atomic E-state index is 0.0503. The number of nitrogens with zero attached hydrogens (tertiary/aromatic N) is 1. The SMILES string of the molecule is CN1CCCCC1CCOc1ccc2oc(C3CCCCC3)cc(=O)c2c1. The predicted molar refractivity (Wildman–Crippen MR) is 109 cm³/mol. The molecule has 27 heavy (non-hydrogen) atoms. The number of benzene rings is 1. The fourth-order valence-electron chi connectivity index (χ4n) is 4.65. The number of likely N-dealkylation sites (tertiary alicyclic amines) is 1. The number of rotatable bonds is 5. The summed E-state index contributed by atoms with van der Waals surface area (Å²) in [5, 5.41) is 0.627. The average molecular weight is 370 g/mol. The third kappa shape index (κ3) is 4.37. The summed E-state index contributed by atoms with van der Waals surface area (Å²) in [4.78, 5) is 15.1. The van der Waals surface area contributed by atoms with Crippen molar-refractivity contribution in [3.8, 4) is 5.75 Å². The predicted octanol–water partition coefficient (Wildman–Crippen LogP) is 5.09. The van der Waals surface area contributed by atoms with Crippen molar-refractivity contribution < 1.29 is 9.15 Å². The number of piperidine rings is 1. The van der Waals surface area contributed by atoms with Crippen molar-refractivity contribution in [1.82, 2.24) is 4.90 Å². The molecule has 2 fully saturated rings. The first-order valence-corrected chi connectivity index (χ1v) is 10.6. The lowest BCUT2D eigenvalue weighted by Crippen LogP contribution is -2.37. The molecule has 0 radical (unpaired) electrons. The quantitative estimate of drug-likeness (QED) is 0.736. The maximum atomic E-state index is 12.6. The molecule has 4 rings (SSSR count). The Hall–Kier alpha value is -1.81. The number of ether oxygens (including phenoxy) is 1. The summed E-state index contributed by atoms with van der Waals surface area (Å²) in [6, 6.07) is 7.99. The third-order valence-electron chi connectivity index (χ3n) is 6.37. The molecule has 1 aromatic carbocycles. The van der Waals surface area contributed by atoms with Crippen LogP contribution < -0.4 is 10.2 Å². The molecule has 1 aliphatic heterocycles. The Morgan fingerprint density at radius 3 is 2.70 bits per heavy atom. The molecule has 0 bridgehead atoms. The normalized spacial score (nSPS) is 22.2. The van der Waals surface area contributed by atoms with Crippen molar-refractivity contribution >= 4 is 11.0 Å². The lowest BCUT2D eigenvalue weighted by atomic mass is 9.87. The van der Waals surface area contributed by atoms with Crippen LogP contribution in [0.15, 0.2) is 33.5 Å². The van der Waals surface area contributed by atoms with Crippen LogP contribution in [0.2, 0.25) is 0 Å². The highest BCUT2D eigenvalue weighted by Gasteiger charge is 2.20. The summed E-state index contributed by atoms with van der Waals surface area (Å²) in [5.41, 5.74) is 0.733. The van der Waals surface area contributed by atoms with E-state index >= 15 is 0 Å². The van der Waals surface area contributed by atoms with Crippen LogP contribution >= 0.6 is 0 Å². The Kier molecular flexibility index (Phi) is 5.82. The largest absolute Gasteiger partial charge is 0.494 e. The third-order valence-corrected chi connectivity index (χ3v) is 6.37. The highest BCUT2D eigenvalue weighted by Crippen LogP contribution is 2.33. The van der Waals surface area contributed by atoms with Crippen LogP contribution in [0.5, 0.6) is 5.75 Å². The van der Waals surface area contributed by atoms with E-state index in [9.17, 15) is 4.79 Å². The van der Waals surface area contributed by atoms with Gasteiger partial charge in [0.15, 0.2) is 5.43 Å². The summed E-state index contributed by atoms with van der Waals surface area (Å²) in [5.74, 6) is 2.03. The van der Waals surface area contributed by atoms with E-state index in [2.05, 4.69) is 11.9 Å². The molecule has 4 nitrogen and oxygen atoms in total. The van der Waals surface area contributed by atoms with Gasteiger partial charge in [0.05, 0.1) is 12.0 Å². The number of hydrogen-bond acceptors (Lipinski definition) is 4. The van der Waals surface area contributed by atoms with Crippen molar-refractivity contribution in [1.29, 1.82) is 0 Å². The van der Waals surface area contributed by atoms with Crippen LogP contribution in [0.25, 0.3) is 11.0 Å². The molecule has 1 saturated heterocycles. The fourth-order valence-corrected chi connectivity index (χ4v) is 4.65. The Balaban J connectivity index is 1.44. The smallest absolute Gasteiger partial charge is 0.193 e. The number of hydrogen-bond donors (Lipinski definition) is 0. The van der Waals surface area contributed by atoms with Crippen LogP contribution in [-0.2, 0) is 0 Å². The fraction of sp³-hybridized carbons (Fsp3) is 0.609. The summed E-state index contributed by atoms with van der Waals surface area (Å²) in [6.45, 7) is 1.87. The molecule has 1 unspecified atom stereocenters. The van der Waals surface area contributed by atoms with E-state index in [0.717, 1.165) is 30.8 Å². The van der Waals surface area contributed by atoms with Gasteiger partial charge in [-0.25, -0.2) is 0 Å². The van der Waals surface area contributed by atoms with Gasteiger partial charge in [-0.2, -0.15) is 0 Å².